The lowest BCUT2D eigenvalue weighted by molar-refractivity contribution is 0.586. The molecule has 0 saturated carbocycles. The first-order chi connectivity index (χ1) is 10.9. The maximum atomic E-state index is 13.0. The van der Waals surface area contributed by atoms with Gasteiger partial charge in [-0.1, -0.05) is 29.3 Å². The summed E-state index contributed by atoms with van der Waals surface area (Å²) >= 11 is 5.99. The van der Waals surface area contributed by atoms with Crippen molar-refractivity contribution < 1.29 is 8.42 Å². The number of anilines is 1. The van der Waals surface area contributed by atoms with E-state index in [1.807, 2.05) is 31.2 Å². The summed E-state index contributed by atoms with van der Waals surface area (Å²) in [7, 11) is -3.70. The molecule has 0 radical (unpaired) electrons. The van der Waals surface area contributed by atoms with E-state index in [1.165, 1.54) is 22.5 Å². The van der Waals surface area contributed by atoms with Crippen molar-refractivity contribution in [2.45, 2.75) is 24.7 Å². The van der Waals surface area contributed by atoms with Crippen LogP contribution in [0.3, 0.4) is 0 Å². The van der Waals surface area contributed by atoms with Gasteiger partial charge in [0.05, 0.1) is 21.2 Å². The Hall–Kier alpha value is -2.03. The third-order valence-electron chi connectivity index (χ3n) is 3.96. The Morgan fingerprint density at radius 2 is 2.00 bits per heavy atom. The Balaban J connectivity index is 2.08. The molecule has 118 valence electrons. The molecule has 3 rings (SSSR count). The van der Waals surface area contributed by atoms with Crippen LogP contribution < -0.4 is 4.31 Å². The van der Waals surface area contributed by atoms with E-state index in [2.05, 4.69) is 0 Å². The van der Waals surface area contributed by atoms with Crippen molar-refractivity contribution in [2.75, 3.05) is 10.8 Å². The molecule has 0 amide bonds. The highest BCUT2D eigenvalue weighted by atomic mass is 35.5. The first-order valence-corrected chi connectivity index (χ1v) is 9.07. The van der Waals surface area contributed by atoms with Crippen LogP contribution in [0.5, 0.6) is 0 Å². The minimum atomic E-state index is -3.70. The van der Waals surface area contributed by atoms with Crippen LogP contribution >= 0.6 is 11.6 Å². The molecule has 1 heterocycles. The molecule has 0 fully saturated rings. The second-order valence-electron chi connectivity index (χ2n) is 5.57. The number of nitriles is 1. The van der Waals surface area contributed by atoms with Crippen molar-refractivity contribution in [3.8, 4) is 6.07 Å². The predicted molar refractivity (Wildman–Crippen MR) is 90.2 cm³/mol. The highest BCUT2D eigenvalue weighted by Gasteiger charge is 2.29. The summed E-state index contributed by atoms with van der Waals surface area (Å²) in [4.78, 5) is 0.106. The van der Waals surface area contributed by atoms with Gasteiger partial charge in [-0.05, 0) is 49.6 Å². The zero-order valence-electron chi connectivity index (χ0n) is 12.6. The van der Waals surface area contributed by atoms with E-state index in [0.717, 1.165) is 29.7 Å². The second kappa shape index (κ2) is 5.88. The van der Waals surface area contributed by atoms with Crippen molar-refractivity contribution >= 4 is 27.3 Å². The second-order valence-corrected chi connectivity index (χ2v) is 7.84. The number of halogens is 1. The Labute approximate surface area is 141 Å². The highest BCUT2D eigenvalue weighted by Crippen LogP contribution is 2.33. The topological polar surface area (TPSA) is 61.2 Å². The number of hydrogen-bond acceptors (Lipinski definition) is 3. The standard InChI is InChI=1S/C17H15ClN2O2S/c1-12-4-7-17-13(9-12)3-2-8-20(17)23(21,22)15-6-5-14(11-19)16(18)10-15/h4-7,9-10H,2-3,8H2,1H3. The van der Waals surface area contributed by atoms with Gasteiger partial charge in [-0.2, -0.15) is 5.26 Å². The van der Waals surface area contributed by atoms with Crippen LogP contribution in [-0.2, 0) is 16.4 Å². The summed E-state index contributed by atoms with van der Waals surface area (Å²) in [6.45, 7) is 2.43. The van der Waals surface area contributed by atoms with E-state index in [9.17, 15) is 8.42 Å². The number of fused-ring (bicyclic) bond motifs is 1. The monoisotopic (exact) mass is 346 g/mol. The van der Waals surface area contributed by atoms with Gasteiger partial charge in [0.1, 0.15) is 6.07 Å². The van der Waals surface area contributed by atoms with E-state index in [0.29, 0.717) is 6.54 Å². The van der Waals surface area contributed by atoms with Gasteiger partial charge in [0.15, 0.2) is 0 Å². The summed E-state index contributed by atoms with van der Waals surface area (Å²) in [5, 5.41) is 9.07. The molecule has 6 heteroatoms. The predicted octanol–water partition coefficient (Wildman–Crippen LogP) is 3.66. The SMILES string of the molecule is Cc1ccc2c(c1)CCCN2S(=O)(=O)c1ccc(C#N)c(Cl)c1. The average molecular weight is 347 g/mol. The van der Waals surface area contributed by atoms with Gasteiger partial charge in [-0.15, -0.1) is 0 Å². The lowest BCUT2D eigenvalue weighted by Gasteiger charge is -2.30. The number of rotatable bonds is 2. The zero-order chi connectivity index (χ0) is 16.6. The van der Waals surface area contributed by atoms with Crippen molar-refractivity contribution in [2.24, 2.45) is 0 Å². The Morgan fingerprint density at radius 1 is 1.22 bits per heavy atom. The summed E-state index contributed by atoms with van der Waals surface area (Å²) in [5.74, 6) is 0. The Morgan fingerprint density at radius 3 is 2.70 bits per heavy atom. The Bertz CT molecular complexity index is 917. The molecule has 0 N–H and O–H groups in total. The average Bonchev–Trinajstić information content (AvgIpc) is 2.53. The molecule has 0 spiro atoms. The lowest BCUT2D eigenvalue weighted by Crippen LogP contribution is -2.35. The molecule has 0 unspecified atom stereocenters. The summed E-state index contributed by atoms with van der Waals surface area (Å²) in [6.07, 6.45) is 1.65. The zero-order valence-corrected chi connectivity index (χ0v) is 14.2. The van der Waals surface area contributed by atoms with E-state index in [-0.39, 0.29) is 15.5 Å². The molecule has 1 aliphatic heterocycles. The third kappa shape index (κ3) is 2.80. The van der Waals surface area contributed by atoms with Crippen LogP contribution in [0.25, 0.3) is 0 Å². The highest BCUT2D eigenvalue weighted by molar-refractivity contribution is 7.92. The smallest absolute Gasteiger partial charge is 0.264 e. The van der Waals surface area contributed by atoms with Gasteiger partial charge in [-0.3, -0.25) is 4.31 Å². The summed E-state index contributed by atoms with van der Waals surface area (Å²) in [6, 6.07) is 12.0. The largest absolute Gasteiger partial charge is 0.266 e. The van der Waals surface area contributed by atoms with Gasteiger partial charge in [-0.25, -0.2) is 8.42 Å². The quantitative estimate of drug-likeness (QED) is 0.833. The molecular formula is C17H15ClN2O2S. The van der Waals surface area contributed by atoms with Gasteiger partial charge in [0.25, 0.3) is 10.0 Å². The van der Waals surface area contributed by atoms with Crippen molar-refractivity contribution in [3.05, 3.63) is 58.1 Å². The maximum Gasteiger partial charge on any atom is 0.264 e. The molecule has 0 aromatic heterocycles. The van der Waals surface area contributed by atoms with Crippen LogP contribution in [0.2, 0.25) is 5.02 Å². The van der Waals surface area contributed by atoms with Gasteiger partial charge in [0.2, 0.25) is 0 Å². The number of hydrogen-bond donors (Lipinski definition) is 0. The van der Waals surface area contributed by atoms with E-state index >= 15 is 0 Å². The molecule has 2 aromatic carbocycles. The van der Waals surface area contributed by atoms with E-state index in [1.54, 1.807) is 0 Å². The van der Waals surface area contributed by atoms with Crippen LogP contribution in [-0.4, -0.2) is 15.0 Å². The number of sulfonamides is 1. The fraction of sp³-hybridized carbons (Fsp3) is 0.235. The van der Waals surface area contributed by atoms with Crippen molar-refractivity contribution in [1.82, 2.24) is 0 Å². The number of aryl methyl sites for hydroxylation is 2. The van der Waals surface area contributed by atoms with Crippen LogP contribution in [0, 0.1) is 18.3 Å². The molecule has 2 aromatic rings. The Kier molecular flexibility index (Phi) is 4.05. The van der Waals surface area contributed by atoms with Gasteiger partial charge in [0, 0.05) is 6.54 Å². The van der Waals surface area contributed by atoms with E-state index < -0.39 is 10.0 Å². The van der Waals surface area contributed by atoms with Crippen molar-refractivity contribution in [1.29, 1.82) is 5.26 Å². The molecule has 0 saturated heterocycles. The minimum Gasteiger partial charge on any atom is -0.266 e. The van der Waals surface area contributed by atoms with Crippen LogP contribution in [0.4, 0.5) is 5.69 Å². The first kappa shape index (κ1) is 15.9. The molecule has 0 aliphatic carbocycles. The number of nitrogens with zero attached hydrogens (tertiary/aromatic N) is 2. The van der Waals surface area contributed by atoms with Crippen molar-refractivity contribution in [3.63, 3.8) is 0 Å². The third-order valence-corrected chi connectivity index (χ3v) is 6.08. The summed E-state index contributed by atoms with van der Waals surface area (Å²) < 4.78 is 27.4. The number of benzene rings is 2. The molecular weight excluding hydrogens is 332 g/mol. The summed E-state index contributed by atoms with van der Waals surface area (Å²) in [5.41, 5.74) is 3.15. The molecule has 0 atom stereocenters. The van der Waals surface area contributed by atoms with Gasteiger partial charge >= 0.3 is 0 Å². The van der Waals surface area contributed by atoms with Crippen LogP contribution in [0.1, 0.15) is 23.1 Å². The normalized spacial score (nSPS) is 14.2. The molecule has 1 aliphatic rings. The minimum absolute atomic E-state index is 0.106. The molecule has 4 nitrogen and oxygen atoms in total. The fourth-order valence-corrected chi connectivity index (χ4v) is 4.67. The van der Waals surface area contributed by atoms with Gasteiger partial charge < -0.3 is 0 Å². The first-order valence-electron chi connectivity index (χ1n) is 7.25. The fourth-order valence-electron chi connectivity index (χ4n) is 2.82. The van der Waals surface area contributed by atoms with Crippen LogP contribution in [0.15, 0.2) is 41.3 Å². The molecule has 23 heavy (non-hydrogen) atoms. The lowest BCUT2D eigenvalue weighted by atomic mass is 10.0. The molecule has 0 bridgehead atoms. The van der Waals surface area contributed by atoms with E-state index in [4.69, 9.17) is 16.9 Å². The maximum absolute atomic E-state index is 13.0.